The van der Waals surface area contributed by atoms with Crippen molar-refractivity contribution in [2.45, 2.75) is 19.4 Å². The summed E-state index contributed by atoms with van der Waals surface area (Å²) < 4.78 is 23.7. The number of anilines is 3. The minimum atomic E-state index is -2.95. The quantitative estimate of drug-likeness (QED) is 0.725. The maximum Gasteiger partial charge on any atom is 0.152 e. The molecule has 0 aliphatic carbocycles. The van der Waals surface area contributed by atoms with Crippen LogP contribution in [0.4, 0.5) is 17.3 Å². The van der Waals surface area contributed by atoms with E-state index < -0.39 is 9.84 Å². The van der Waals surface area contributed by atoms with Crippen LogP contribution in [0.2, 0.25) is 0 Å². The molecule has 1 N–H and O–H groups in total. The standard InChI is InChI=1S/C19H21N5O2S/c1-2-24(15-8-10-27(25,26)12-15)18-11-17(21-13-22-18)23-16-7-3-5-14-6-4-9-20-19(14)16/h3-7,9,11,13,15H,2,8,10,12H2,1H3,(H,21,22,23). The zero-order chi connectivity index (χ0) is 18.9. The third kappa shape index (κ3) is 3.71. The molecule has 27 heavy (non-hydrogen) atoms. The highest BCUT2D eigenvalue weighted by Gasteiger charge is 2.32. The maximum atomic E-state index is 11.8. The highest BCUT2D eigenvalue weighted by Crippen LogP contribution is 2.27. The SMILES string of the molecule is CCN(c1cc(Nc2cccc3cccnc23)ncn1)C1CCS(=O)(=O)C1. The molecule has 1 unspecified atom stereocenters. The minimum absolute atomic E-state index is 0.0398. The van der Waals surface area contributed by atoms with E-state index in [0.717, 1.165) is 22.4 Å². The van der Waals surface area contributed by atoms with E-state index in [4.69, 9.17) is 0 Å². The lowest BCUT2D eigenvalue weighted by atomic mass is 10.2. The largest absolute Gasteiger partial charge is 0.353 e. The lowest BCUT2D eigenvalue weighted by Gasteiger charge is -2.28. The molecular formula is C19H21N5O2S. The van der Waals surface area contributed by atoms with Crippen molar-refractivity contribution < 1.29 is 8.42 Å². The molecule has 4 rings (SSSR count). The van der Waals surface area contributed by atoms with Gasteiger partial charge in [0.2, 0.25) is 0 Å². The van der Waals surface area contributed by atoms with E-state index in [-0.39, 0.29) is 17.5 Å². The van der Waals surface area contributed by atoms with Gasteiger partial charge in [0, 0.05) is 30.2 Å². The summed E-state index contributed by atoms with van der Waals surface area (Å²) in [6, 6.07) is 11.7. The molecule has 1 aliphatic heterocycles. The van der Waals surface area contributed by atoms with Crippen molar-refractivity contribution >= 4 is 38.1 Å². The van der Waals surface area contributed by atoms with E-state index in [9.17, 15) is 8.42 Å². The molecule has 3 aromatic rings. The predicted octanol–water partition coefficient (Wildman–Crippen LogP) is 2.78. The van der Waals surface area contributed by atoms with Gasteiger partial charge < -0.3 is 10.2 Å². The topological polar surface area (TPSA) is 88.1 Å². The Kier molecular flexibility index (Phi) is 4.65. The Labute approximate surface area is 158 Å². The van der Waals surface area contributed by atoms with Crippen LogP contribution in [0.3, 0.4) is 0 Å². The van der Waals surface area contributed by atoms with Crippen molar-refractivity contribution in [3.63, 3.8) is 0 Å². The number of nitrogens with one attached hydrogen (secondary N) is 1. The number of rotatable bonds is 5. The second-order valence-corrected chi connectivity index (χ2v) is 8.84. The van der Waals surface area contributed by atoms with Crippen molar-refractivity contribution in [3.05, 3.63) is 48.9 Å². The van der Waals surface area contributed by atoms with Crippen LogP contribution in [0.5, 0.6) is 0 Å². The van der Waals surface area contributed by atoms with Crippen molar-refractivity contribution in [1.82, 2.24) is 15.0 Å². The second kappa shape index (κ2) is 7.11. The van der Waals surface area contributed by atoms with Crippen LogP contribution in [-0.4, -0.2) is 47.5 Å². The van der Waals surface area contributed by atoms with Crippen LogP contribution in [0, 0.1) is 0 Å². The molecule has 3 heterocycles. The van der Waals surface area contributed by atoms with Crippen LogP contribution in [-0.2, 0) is 9.84 Å². The number of sulfone groups is 1. The number of hydrogen-bond acceptors (Lipinski definition) is 7. The van der Waals surface area contributed by atoms with Crippen LogP contribution in [0.1, 0.15) is 13.3 Å². The molecule has 1 aliphatic rings. The lowest BCUT2D eigenvalue weighted by molar-refractivity contribution is 0.599. The fourth-order valence-corrected chi connectivity index (χ4v) is 5.27. The molecule has 0 spiro atoms. The van der Waals surface area contributed by atoms with Crippen LogP contribution in [0.15, 0.2) is 48.9 Å². The Bertz CT molecular complexity index is 1070. The summed E-state index contributed by atoms with van der Waals surface area (Å²) in [4.78, 5) is 15.2. The molecule has 1 fully saturated rings. The van der Waals surface area contributed by atoms with Gasteiger partial charge in [-0.2, -0.15) is 0 Å². The Hall–Kier alpha value is -2.74. The summed E-state index contributed by atoms with van der Waals surface area (Å²) in [5.74, 6) is 1.80. The van der Waals surface area contributed by atoms with Crippen molar-refractivity contribution in [2.24, 2.45) is 0 Å². The van der Waals surface area contributed by atoms with Gasteiger partial charge in [-0.3, -0.25) is 4.98 Å². The van der Waals surface area contributed by atoms with Gasteiger partial charge in [0.05, 0.1) is 22.7 Å². The fraction of sp³-hybridized carbons (Fsp3) is 0.316. The Morgan fingerprint density at radius 2 is 2.04 bits per heavy atom. The number of benzene rings is 1. The predicted molar refractivity (Wildman–Crippen MR) is 107 cm³/mol. The highest BCUT2D eigenvalue weighted by atomic mass is 32.2. The molecule has 1 aromatic carbocycles. The molecule has 7 nitrogen and oxygen atoms in total. The summed E-state index contributed by atoms with van der Waals surface area (Å²) in [5.41, 5.74) is 1.73. The van der Waals surface area contributed by atoms with Crippen molar-refractivity contribution in [1.29, 1.82) is 0 Å². The van der Waals surface area contributed by atoms with Gasteiger partial charge in [-0.25, -0.2) is 18.4 Å². The summed E-state index contributed by atoms with van der Waals surface area (Å²) in [7, 11) is -2.95. The van der Waals surface area contributed by atoms with Gasteiger partial charge in [0.15, 0.2) is 9.84 Å². The molecule has 0 bridgehead atoms. The highest BCUT2D eigenvalue weighted by molar-refractivity contribution is 7.91. The van der Waals surface area contributed by atoms with E-state index >= 15 is 0 Å². The molecule has 140 valence electrons. The van der Waals surface area contributed by atoms with Gasteiger partial charge in [0.1, 0.15) is 18.0 Å². The average Bonchev–Trinajstić information content (AvgIpc) is 3.03. The zero-order valence-corrected chi connectivity index (χ0v) is 15.9. The average molecular weight is 383 g/mol. The summed E-state index contributed by atoms with van der Waals surface area (Å²) in [6.45, 7) is 2.70. The van der Waals surface area contributed by atoms with Crippen LogP contribution in [0.25, 0.3) is 10.9 Å². The Balaban J connectivity index is 1.62. The molecular weight excluding hydrogens is 362 g/mol. The fourth-order valence-electron chi connectivity index (χ4n) is 3.54. The number of para-hydroxylation sites is 1. The molecule has 1 atom stereocenters. The first kappa shape index (κ1) is 17.7. The first-order chi connectivity index (χ1) is 13.1. The molecule has 2 aromatic heterocycles. The van der Waals surface area contributed by atoms with Crippen molar-refractivity contribution in [2.75, 3.05) is 28.3 Å². The molecule has 1 saturated heterocycles. The van der Waals surface area contributed by atoms with Crippen LogP contribution < -0.4 is 10.2 Å². The van der Waals surface area contributed by atoms with Gasteiger partial charge >= 0.3 is 0 Å². The maximum absolute atomic E-state index is 11.8. The third-order valence-corrected chi connectivity index (χ3v) is 6.58. The number of hydrogen-bond donors (Lipinski definition) is 1. The van der Waals surface area contributed by atoms with Crippen LogP contribution >= 0.6 is 0 Å². The monoisotopic (exact) mass is 383 g/mol. The number of pyridine rings is 1. The van der Waals surface area contributed by atoms with E-state index in [0.29, 0.717) is 18.8 Å². The van der Waals surface area contributed by atoms with Gasteiger partial charge in [-0.05, 0) is 25.5 Å². The van der Waals surface area contributed by atoms with E-state index in [1.807, 2.05) is 48.2 Å². The summed E-state index contributed by atoms with van der Waals surface area (Å²) in [5, 5.41) is 4.36. The lowest BCUT2D eigenvalue weighted by Crippen LogP contribution is -2.36. The number of fused-ring (bicyclic) bond motifs is 1. The molecule has 0 radical (unpaired) electrons. The van der Waals surface area contributed by atoms with E-state index in [2.05, 4.69) is 20.3 Å². The smallest absolute Gasteiger partial charge is 0.152 e. The Morgan fingerprint density at radius 3 is 2.81 bits per heavy atom. The number of nitrogens with zero attached hydrogens (tertiary/aromatic N) is 4. The number of aromatic nitrogens is 3. The van der Waals surface area contributed by atoms with Gasteiger partial charge in [-0.1, -0.05) is 18.2 Å². The molecule has 0 amide bonds. The van der Waals surface area contributed by atoms with E-state index in [1.54, 1.807) is 6.20 Å². The summed E-state index contributed by atoms with van der Waals surface area (Å²) >= 11 is 0. The second-order valence-electron chi connectivity index (χ2n) is 6.61. The first-order valence-corrected chi connectivity index (χ1v) is 10.8. The zero-order valence-electron chi connectivity index (χ0n) is 15.0. The van der Waals surface area contributed by atoms with Crippen molar-refractivity contribution in [3.8, 4) is 0 Å². The minimum Gasteiger partial charge on any atom is -0.353 e. The van der Waals surface area contributed by atoms with E-state index in [1.165, 1.54) is 6.33 Å². The first-order valence-electron chi connectivity index (χ1n) is 8.95. The normalized spacial score (nSPS) is 18.5. The molecule has 8 heteroatoms. The van der Waals surface area contributed by atoms with Gasteiger partial charge in [0.25, 0.3) is 0 Å². The summed E-state index contributed by atoms with van der Waals surface area (Å²) in [6.07, 6.45) is 3.90. The third-order valence-electron chi connectivity index (χ3n) is 4.83. The molecule has 0 saturated carbocycles. The Morgan fingerprint density at radius 1 is 1.19 bits per heavy atom. The van der Waals surface area contributed by atoms with Gasteiger partial charge in [-0.15, -0.1) is 0 Å².